The average molecular weight is 243 g/mol. The van der Waals surface area contributed by atoms with Gasteiger partial charge in [-0.25, -0.2) is 0 Å². The molecule has 2 rings (SSSR count). The van der Waals surface area contributed by atoms with Gasteiger partial charge >= 0.3 is 0 Å². The zero-order chi connectivity index (χ0) is 13.3. The predicted molar refractivity (Wildman–Crippen MR) is 79.5 cm³/mol. The van der Waals surface area contributed by atoms with Gasteiger partial charge in [0.2, 0.25) is 0 Å². The minimum absolute atomic E-state index is 0.226. The summed E-state index contributed by atoms with van der Waals surface area (Å²) in [7, 11) is 0. The molecule has 1 aromatic carbocycles. The monoisotopic (exact) mass is 243 g/mol. The molecule has 0 bridgehead atoms. The van der Waals surface area contributed by atoms with Crippen LogP contribution in [-0.2, 0) is 5.41 Å². The number of hydrogen-bond donors (Lipinski definition) is 1. The first-order valence-electron chi connectivity index (χ1n) is 7.05. The second kappa shape index (κ2) is 4.79. The Kier molecular flexibility index (Phi) is 3.52. The molecule has 1 aliphatic rings. The largest absolute Gasteiger partial charge is 0.399 e. The first kappa shape index (κ1) is 13.2. The number of nitrogen functional groups attached to an aromatic ring is 1. The van der Waals surface area contributed by atoms with E-state index in [1.165, 1.54) is 12.0 Å². The summed E-state index contributed by atoms with van der Waals surface area (Å²) < 4.78 is 0. The summed E-state index contributed by atoms with van der Waals surface area (Å²) in [6.45, 7) is 9.18. The molecule has 0 aliphatic heterocycles. The molecule has 0 fully saturated rings. The van der Waals surface area contributed by atoms with Crippen LogP contribution in [0, 0.1) is 11.8 Å². The fraction of sp³-hybridized carbons (Fsp3) is 0.529. The van der Waals surface area contributed by atoms with Crippen molar-refractivity contribution in [1.82, 2.24) is 0 Å². The van der Waals surface area contributed by atoms with Gasteiger partial charge in [0.25, 0.3) is 0 Å². The lowest BCUT2D eigenvalue weighted by Gasteiger charge is -2.48. The Bertz CT molecular complexity index is 458. The molecule has 0 spiro atoms. The van der Waals surface area contributed by atoms with Gasteiger partial charge in [0.1, 0.15) is 0 Å². The van der Waals surface area contributed by atoms with Crippen LogP contribution in [0.25, 0.3) is 0 Å². The van der Waals surface area contributed by atoms with E-state index in [0.717, 1.165) is 18.0 Å². The Morgan fingerprint density at radius 2 is 2.06 bits per heavy atom. The van der Waals surface area contributed by atoms with E-state index in [-0.39, 0.29) is 5.41 Å². The Morgan fingerprint density at radius 3 is 2.56 bits per heavy atom. The third-order valence-electron chi connectivity index (χ3n) is 4.37. The van der Waals surface area contributed by atoms with E-state index in [4.69, 9.17) is 5.73 Å². The average Bonchev–Trinajstić information content (AvgIpc) is 2.32. The van der Waals surface area contributed by atoms with Crippen molar-refractivity contribution in [3.05, 3.63) is 41.5 Å². The number of benzene rings is 1. The van der Waals surface area contributed by atoms with Crippen molar-refractivity contribution in [1.29, 1.82) is 0 Å². The Morgan fingerprint density at radius 1 is 1.33 bits per heavy atom. The quantitative estimate of drug-likeness (QED) is 0.610. The van der Waals surface area contributed by atoms with Gasteiger partial charge in [-0.3, -0.25) is 0 Å². The maximum absolute atomic E-state index is 5.95. The normalized spacial score (nSPS) is 26.9. The van der Waals surface area contributed by atoms with Crippen molar-refractivity contribution in [3.8, 4) is 0 Å². The maximum Gasteiger partial charge on any atom is 0.0317 e. The van der Waals surface area contributed by atoms with Crippen molar-refractivity contribution in [2.75, 3.05) is 5.73 Å². The first-order chi connectivity index (χ1) is 8.49. The van der Waals surface area contributed by atoms with Gasteiger partial charge < -0.3 is 5.73 Å². The molecule has 1 heteroatoms. The molecule has 0 saturated carbocycles. The molecule has 1 nitrogen and oxygen atoms in total. The summed E-state index contributed by atoms with van der Waals surface area (Å²) >= 11 is 0. The van der Waals surface area contributed by atoms with Crippen LogP contribution in [-0.4, -0.2) is 0 Å². The fourth-order valence-corrected chi connectivity index (χ4v) is 3.45. The molecule has 2 N–H and O–H groups in total. The molecule has 0 heterocycles. The van der Waals surface area contributed by atoms with Gasteiger partial charge in [-0.2, -0.15) is 0 Å². The molecule has 98 valence electrons. The maximum atomic E-state index is 5.95. The summed E-state index contributed by atoms with van der Waals surface area (Å²) in [6, 6.07) is 8.44. The van der Waals surface area contributed by atoms with Gasteiger partial charge in [-0.05, 0) is 49.3 Å². The molecular weight excluding hydrogens is 218 g/mol. The standard InChI is InChI=1S/C17H25N/c1-5-17(14-7-6-8-15(18)10-14)11-13(4)16(17)9-12(2)3/h6-8,10-12,16H,5,9,18H2,1-4H3. The lowest BCUT2D eigenvalue weighted by atomic mass is 9.55. The van der Waals surface area contributed by atoms with Crippen LogP contribution in [0.5, 0.6) is 0 Å². The van der Waals surface area contributed by atoms with E-state index < -0.39 is 0 Å². The van der Waals surface area contributed by atoms with Gasteiger partial charge in [-0.15, -0.1) is 0 Å². The molecule has 0 saturated heterocycles. The van der Waals surface area contributed by atoms with Crippen LogP contribution in [0.15, 0.2) is 35.9 Å². The van der Waals surface area contributed by atoms with E-state index in [1.807, 2.05) is 6.07 Å². The molecule has 1 aromatic rings. The molecule has 0 radical (unpaired) electrons. The minimum Gasteiger partial charge on any atom is -0.399 e. The van der Waals surface area contributed by atoms with E-state index in [9.17, 15) is 0 Å². The van der Waals surface area contributed by atoms with Crippen LogP contribution in [0.3, 0.4) is 0 Å². The SMILES string of the molecule is CCC1(c2cccc(N)c2)C=C(C)C1CC(C)C. The highest BCUT2D eigenvalue weighted by atomic mass is 14.6. The molecule has 0 amide bonds. The van der Waals surface area contributed by atoms with E-state index in [2.05, 4.69) is 52.0 Å². The van der Waals surface area contributed by atoms with E-state index in [0.29, 0.717) is 5.92 Å². The highest BCUT2D eigenvalue weighted by Gasteiger charge is 2.44. The molecule has 18 heavy (non-hydrogen) atoms. The van der Waals surface area contributed by atoms with Gasteiger partial charge in [0.05, 0.1) is 0 Å². The van der Waals surface area contributed by atoms with Crippen LogP contribution < -0.4 is 5.73 Å². The summed E-state index contributed by atoms with van der Waals surface area (Å²) in [5.74, 6) is 1.43. The van der Waals surface area contributed by atoms with Gasteiger partial charge in [0.15, 0.2) is 0 Å². The second-order valence-electron chi connectivity index (χ2n) is 6.09. The number of rotatable bonds is 4. The summed E-state index contributed by atoms with van der Waals surface area (Å²) in [5, 5.41) is 0. The van der Waals surface area contributed by atoms with Gasteiger partial charge in [0, 0.05) is 11.1 Å². The highest BCUT2D eigenvalue weighted by Crippen LogP contribution is 2.52. The predicted octanol–water partition coefficient (Wildman–Crippen LogP) is 4.54. The number of anilines is 1. The number of nitrogens with two attached hydrogens (primary N) is 1. The van der Waals surface area contributed by atoms with Crippen molar-refractivity contribution < 1.29 is 0 Å². The smallest absolute Gasteiger partial charge is 0.0317 e. The highest BCUT2D eigenvalue weighted by molar-refractivity contribution is 5.50. The Balaban J connectivity index is 2.38. The van der Waals surface area contributed by atoms with E-state index >= 15 is 0 Å². The third kappa shape index (κ3) is 2.07. The van der Waals surface area contributed by atoms with Crippen molar-refractivity contribution >= 4 is 5.69 Å². The van der Waals surface area contributed by atoms with Crippen molar-refractivity contribution in [2.24, 2.45) is 11.8 Å². The fourth-order valence-electron chi connectivity index (χ4n) is 3.45. The van der Waals surface area contributed by atoms with Gasteiger partial charge in [-0.1, -0.05) is 44.6 Å². The molecular formula is C17H25N. The molecule has 2 atom stereocenters. The Hall–Kier alpha value is -1.24. The minimum atomic E-state index is 0.226. The number of allylic oxidation sites excluding steroid dienone is 2. The summed E-state index contributed by atoms with van der Waals surface area (Å²) in [5.41, 5.74) is 9.99. The summed E-state index contributed by atoms with van der Waals surface area (Å²) in [4.78, 5) is 0. The van der Waals surface area contributed by atoms with Crippen LogP contribution in [0.2, 0.25) is 0 Å². The van der Waals surface area contributed by atoms with E-state index in [1.54, 1.807) is 5.57 Å². The first-order valence-corrected chi connectivity index (χ1v) is 7.05. The third-order valence-corrected chi connectivity index (χ3v) is 4.37. The summed E-state index contributed by atoms with van der Waals surface area (Å²) in [6.07, 6.45) is 4.88. The molecule has 1 aliphatic carbocycles. The lowest BCUT2D eigenvalue weighted by molar-refractivity contribution is 0.267. The van der Waals surface area contributed by atoms with Crippen LogP contribution in [0.1, 0.15) is 46.1 Å². The Labute approximate surface area is 111 Å². The molecule has 2 unspecified atom stereocenters. The van der Waals surface area contributed by atoms with Crippen molar-refractivity contribution in [2.45, 2.75) is 46.0 Å². The van der Waals surface area contributed by atoms with Crippen LogP contribution in [0.4, 0.5) is 5.69 Å². The second-order valence-corrected chi connectivity index (χ2v) is 6.09. The van der Waals surface area contributed by atoms with Crippen molar-refractivity contribution in [3.63, 3.8) is 0 Å². The van der Waals surface area contributed by atoms with Crippen LogP contribution >= 0.6 is 0 Å². The number of hydrogen-bond acceptors (Lipinski definition) is 1. The zero-order valence-corrected chi connectivity index (χ0v) is 12.0. The zero-order valence-electron chi connectivity index (χ0n) is 12.0. The lowest BCUT2D eigenvalue weighted by Crippen LogP contribution is -2.42. The molecule has 0 aromatic heterocycles. The topological polar surface area (TPSA) is 26.0 Å².